The Bertz CT molecular complexity index is 588. The van der Waals surface area contributed by atoms with E-state index in [1.807, 2.05) is 13.0 Å². The van der Waals surface area contributed by atoms with Crippen molar-refractivity contribution in [2.24, 2.45) is 5.73 Å². The van der Waals surface area contributed by atoms with Crippen molar-refractivity contribution in [1.29, 1.82) is 0 Å². The second kappa shape index (κ2) is 4.81. The highest BCUT2D eigenvalue weighted by atomic mass is 32.1. The topological polar surface area (TPSA) is 69.6 Å². The second-order valence-corrected chi connectivity index (χ2v) is 4.81. The summed E-state index contributed by atoms with van der Waals surface area (Å²) in [6, 6.07) is 1.88. The molecular weight excluding hydrogens is 246 g/mol. The molecule has 0 aliphatic carbocycles. The van der Waals surface area contributed by atoms with Gasteiger partial charge in [-0.25, -0.2) is 15.0 Å². The van der Waals surface area contributed by atoms with Gasteiger partial charge in [-0.05, 0) is 6.92 Å². The summed E-state index contributed by atoms with van der Waals surface area (Å²) in [4.78, 5) is 13.3. The van der Waals surface area contributed by atoms with Crippen molar-refractivity contribution in [3.63, 3.8) is 0 Å². The number of aryl methyl sites for hydroxylation is 1. The minimum absolute atomic E-state index is 0.252. The lowest BCUT2D eigenvalue weighted by Gasteiger charge is -2.10. The maximum atomic E-state index is 5.64. The van der Waals surface area contributed by atoms with Crippen LogP contribution in [0, 0.1) is 6.92 Å². The first kappa shape index (κ1) is 12.6. The minimum atomic E-state index is 0.252. The van der Waals surface area contributed by atoms with Crippen molar-refractivity contribution in [2.45, 2.75) is 26.7 Å². The van der Waals surface area contributed by atoms with Crippen LogP contribution in [0.15, 0.2) is 18.5 Å². The van der Waals surface area contributed by atoms with Crippen LogP contribution in [-0.2, 0) is 0 Å². The van der Waals surface area contributed by atoms with Gasteiger partial charge in [-0.1, -0.05) is 26.1 Å². The molecule has 0 radical (unpaired) electrons. The van der Waals surface area contributed by atoms with Crippen LogP contribution in [0.1, 0.15) is 37.1 Å². The molecule has 0 spiro atoms. The normalized spacial score (nSPS) is 10.9. The van der Waals surface area contributed by atoms with Crippen LogP contribution in [-0.4, -0.2) is 24.5 Å². The molecule has 0 aromatic carbocycles. The van der Waals surface area contributed by atoms with E-state index in [1.54, 1.807) is 17.0 Å². The molecule has 94 valence electrons. The van der Waals surface area contributed by atoms with Gasteiger partial charge in [-0.3, -0.25) is 4.57 Å². The summed E-state index contributed by atoms with van der Waals surface area (Å²) >= 11 is 4.97. The average Bonchev–Trinajstić information content (AvgIpc) is 2.76. The van der Waals surface area contributed by atoms with Gasteiger partial charge in [0.05, 0.1) is 0 Å². The first-order chi connectivity index (χ1) is 8.49. The molecule has 0 saturated carbocycles. The molecule has 0 saturated heterocycles. The molecule has 0 atom stereocenters. The van der Waals surface area contributed by atoms with Crippen LogP contribution >= 0.6 is 12.2 Å². The predicted molar refractivity (Wildman–Crippen MR) is 73.9 cm³/mol. The van der Waals surface area contributed by atoms with E-state index < -0.39 is 0 Å². The van der Waals surface area contributed by atoms with E-state index in [-0.39, 0.29) is 10.9 Å². The van der Waals surface area contributed by atoms with Gasteiger partial charge in [-0.2, -0.15) is 0 Å². The highest BCUT2D eigenvalue weighted by Gasteiger charge is 2.11. The number of hydrogen-bond acceptors (Lipinski definition) is 4. The fourth-order valence-electron chi connectivity index (χ4n) is 1.63. The summed E-state index contributed by atoms with van der Waals surface area (Å²) in [5.74, 6) is 2.34. The van der Waals surface area contributed by atoms with Crippen LogP contribution in [0.3, 0.4) is 0 Å². The smallest absolute Gasteiger partial charge is 0.173 e. The Balaban J connectivity index is 2.57. The number of imidazole rings is 1. The third kappa shape index (κ3) is 2.38. The van der Waals surface area contributed by atoms with Crippen molar-refractivity contribution < 1.29 is 0 Å². The number of nitrogens with two attached hydrogens (primary N) is 1. The number of rotatable bonds is 3. The molecule has 0 fully saturated rings. The zero-order valence-electron chi connectivity index (χ0n) is 10.6. The monoisotopic (exact) mass is 261 g/mol. The highest BCUT2D eigenvalue weighted by molar-refractivity contribution is 7.80. The Labute approximate surface area is 111 Å². The first-order valence-electron chi connectivity index (χ1n) is 5.68. The largest absolute Gasteiger partial charge is 0.387 e. The molecule has 5 nitrogen and oxygen atoms in total. The van der Waals surface area contributed by atoms with E-state index in [2.05, 4.69) is 28.8 Å². The first-order valence-corrected chi connectivity index (χ1v) is 6.09. The molecule has 0 unspecified atom stereocenters. The molecule has 2 rings (SSSR count). The van der Waals surface area contributed by atoms with E-state index in [4.69, 9.17) is 18.0 Å². The molecule has 2 aromatic heterocycles. The number of hydrogen-bond donors (Lipinski definition) is 1. The van der Waals surface area contributed by atoms with Crippen molar-refractivity contribution in [2.75, 3.05) is 0 Å². The minimum Gasteiger partial charge on any atom is -0.387 e. The Hall–Kier alpha value is -1.82. The van der Waals surface area contributed by atoms with Crippen molar-refractivity contribution in [3.05, 3.63) is 35.8 Å². The van der Waals surface area contributed by atoms with E-state index in [9.17, 15) is 0 Å². The Kier molecular flexibility index (Phi) is 3.38. The molecule has 0 aliphatic heterocycles. The summed E-state index contributed by atoms with van der Waals surface area (Å²) < 4.78 is 1.78. The second-order valence-electron chi connectivity index (χ2n) is 4.37. The molecular formula is C12H15N5S. The van der Waals surface area contributed by atoms with Gasteiger partial charge in [0.2, 0.25) is 0 Å². The van der Waals surface area contributed by atoms with Gasteiger partial charge >= 0.3 is 0 Å². The number of nitrogens with zero attached hydrogens (tertiary/aromatic N) is 4. The summed E-state index contributed by atoms with van der Waals surface area (Å²) in [6.07, 6.45) is 3.45. The average molecular weight is 261 g/mol. The third-order valence-electron chi connectivity index (χ3n) is 2.48. The lowest BCUT2D eigenvalue weighted by Crippen LogP contribution is -2.17. The quantitative estimate of drug-likeness (QED) is 0.852. The van der Waals surface area contributed by atoms with Gasteiger partial charge in [0.25, 0.3) is 0 Å². The van der Waals surface area contributed by atoms with Gasteiger partial charge in [0, 0.05) is 30.1 Å². The van der Waals surface area contributed by atoms with Crippen LogP contribution < -0.4 is 5.73 Å². The van der Waals surface area contributed by atoms with Crippen LogP contribution in [0.2, 0.25) is 0 Å². The zero-order chi connectivity index (χ0) is 13.3. The summed E-state index contributed by atoms with van der Waals surface area (Å²) in [7, 11) is 0. The van der Waals surface area contributed by atoms with Gasteiger partial charge in [0.15, 0.2) is 5.82 Å². The van der Waals surface area contributed by atoms with Crippen molar-refractivity contribution in [3.8, 4) is 5.82 Å². The van der Waals surface area contributed by atoms with Crippen LogP contribution in [0.4, 0.5) is 0 Å². The van der Waals surface area contributed by atoms with Gasteiger partial charge < -0.3 is 5.73 Å². The number of aromatic nitrogens is 4. The summed E-state index contributed by atoms with van der Waals surface area (Å²) in [5.41, 5.74) is 6.55. The maximum Gasteiger partial charge on any atom is 0.173 e. The summed E-state index contributed by atoms with van der Waals surface area (Å²) in [6.45, 7) is 6.05. The Morgan fingerprint density at radius 2 is 2.11 bits per heavy atom. The van der Waals surface area contributed by atoms with Gasteiger partial charge in [-0.15, -0.1) is 0 Å². The Morgan fingerprint density at radius 1 is 1.39 bits per heavy atom. The van der Waals surface area contributed by atoms with Gasteiger partial charge in [0.1, 0.15) is 16.6 Å². The zero-order valence-corrected chi connectivity index (χ0v) is 11.4. The van der Waals surface area contributed by atoms with Crippen LogP contribution in [0.25, 0.3) is 5.82 Å². The lowest BCUT2D eigenvalue weighted by molar-refractivity contribution is 0.753. The fraction of sp³-hybridized carbons (Fsp3) is 0.333. The predicted octanol–water partition coefficient (Wildman–Crippen LogP) is 1.73. The standard InChI is InChI=1S/C12H15N5S/c1-7(2)11-15-8(3)6-9(16-11)17-5-4-14-12(17)10(13)18/h4-7H,1-3H3,(H2,13,18). The van der Waals surface area contributed by atoms with E-state index in [1.165, 1.54) is 0 Å². The molecule has 0 bridgehead atoms. The SMILES string of the molecule is Cc1cc(-n2ccnc2C(N)=S)nc(C(C)C)n1. The summed E-state index contributed by atoms with van der Waals surface area (Å²) in [5, 5.41) is 0. The maximum absolute atomic E-state index is 5.64. The molecule has 2 heterocycles. The van der Waals surface area contributed by atoms with E-state index in [0.717, 1.165) is 17.3 Å². The molecule has 2 N–H and O–H groups in total. The van der Waals surface area contributed by atoms with Crippen LogP contribution in [0.5, 0.6) is 0 Å². The molecule has 0 aliphatic rings. The van der Waals surface area contributed by atoms with Crippen molar-refractivity contribution in [1.82, 2.24) is 19.5 Å². The Morgan fingerprint density at radius 3 is 2.72 bits per heavy atom. The lowest BCUT2D eigenvalue weighted by atomic mass is 10.2. The van der Waals surface area contributed by atoms with E-state index >= 15 is 0 Å². The fourth-order valence-corrected chi connectivity index (χ4v) is 1.78. The molecule has 0 amide bonds. The van der Waals surface area contributed by atoms with Crippen molar-refractivity contribution >= 4 is 17.2 Å². The molecule has 6 heteroatoms. The molecule has 18 heavy (non-hydrogen) atoms. The highest BCUT2D eigenvalue weighted by Crippen LogP contribution is 2.14. The molecule has 2 aromatic rings. The third-order valence-corrected chi connectivity index (χ3v) is 2.66. The number of thiocarbonyl (C=S) groups is 1. The van der Waals surface area contributed by atoms with E-state index in [0.29, 0.717) is 5.82 Å².